The lowest BCUT2D eigenvalue weighted by atomic mass is 10.3. The molecule has 0 bridgehead atoms. The van der Waals surface area contributed by atoms with Crippen molar-refractivity contribution in [3.05, 3.63) is 0 Å². The van der Waals surface area contributed by atoms with Gasteiger partial charge in [0.1, 0.15) is 0 Å². The first kappa shape index (κ1) is 21.0. The lowest BCUT2D eigenvalue weighted by molar-refractivity contribution is -0.191. The first-order valence-corrected chi connectivity index (χ1v) is 8.91. The SMILES string of the molecule is CNOP(=O)(ON(C(C)C)C(C)C)ON(C(C)C)C(C)C. The van der Waals surface area contributed by atoms with Crippen LogP contribution in [0, 0.1) is 0 Å². The molecule has 0 radical (unpaired) electrons. The molecule has 0 fully saturated rings. The van der Waals surface area contributed by atoms with Gasteiger partial charge in [0.15, 0.2) is 0 Å². The molecular weight excluding hydrogens is 293 g/mol. The highest BCUT2D eigenvalue weighted by Crippen LogP contribution is 2.51. The molecule has 0 rings (SSSR count). The maximum atomic E-state index is 12.8. The molecule has 0 atom stereocenters. The van der Waals surface area contributed by atoms with Crippen molar-refractivity contribution in [1.82, 2.24) is 15.6 Å². The van der Waals surface area contributed by atoms with Gasteiger partial charge >= 0.3 is 7.82 Å². The molecule has 0 heterocycles. The fourth-order valence-corrected chi connectivity index (χ4v) is 3.50. The largest absolute Gasteiger partial charge is 0.525 e. The predicted molar refractivity (Wildman–Crippen MR) is 84.1 cm³/mol. The normalized spacial score (nSPS) is 13.7. The zero-order valence-electron chi connectivity index (χ0n) is 14.8. The van der Waals surface area contributed by atoms with Gasteiger partial charge in [-0.05, 0) is 55.4 Å². The van der Waals surface area contributed by atoms with E-state index in [1.54, 1.807) is 10.1 Å². The molecule has 0 aliphatic heterocycles. The van der Waals surface area contributed by atoms with E-state index in [4.69, 9.17) is 13.9 Å². The number of rotatable bonds is 10. The van der Waals surface area contributed by atoms with E-state index in [0.717, 1.165) is 0 Å². The van der Waals surface area contributed by atoms with Gasteiger partial charge in [-0.3, -0.25) is 0 Å². The standard InChI is InChI=1S/C13H32N3O4P/c1-10(2)15(11(3)4)19-21(17,18-14-9)20-16(12(5)6)13(7)8/h10-14H,1-9H3. The van der Waals surface area contributed by atoms with Crippen molar-refractivity contribution in [2.75, 3.05) is 7.05 Å². The summed E-state index contributed by atoms with van der Waals surface area (Å²) in [6, 6.07) is 0.144. The van der Waals surface area contributed by atoms with Crippen LogP contribution in [0.4, 0.5) is 0 Å². The average Bonchev–Trinajstić information content (AvgIpc) is 2.32. The molecule has 21 heavy (non-hydrogen) atoms. The zero-order valence-corrected chi connectivity index (χ0v) is 15.7. The zero-order chi connectivity index (χ0) is 16.8. The molecule has 0 aliphatic rings. The van der Waals surface area contributed by atoms with Crippen LogP contribution in [0.15, 0.2) is 0 Å². The van der Waals surface area contributed by atoms with Crippen molar-refractivity contribution in [1.29, 1.82) is 0 Å². The summed E-state index contributed by atoms with van der Waals surface area (Å²) in [6.07, 6.45) is 0. The molecule has 0 aromatic carbocycles. The summed E-state index contributed by atoms with van der Waals surface area (Å²) >= 11 is 0. The maximum absolute atomic E-state index is 12.8. The molecule has 0 aliphatic carbocycles. The van der Waals surface area contributed by atoms with E-state index < -0.39 is 7.82 Å². The summed E-state index contributed by atoms with van der Waals surface area (Å²) in [5.41, 5.74) is 2.41. The van der Waals surface area contributed by atoms with E-state index in [1.165, 1.54) is 7.05 Å². The van der Waals surface area contributed by atoms with Gasteiger partial charge < -0.3 is 0 Å². The van der Waals surface area contributed by atoms with Crippen molar-refractivity contribution in [3.8, 4) is 0 Å². The Kier molecular flexibility index (Phi) is 9.20. The van der Waals surface area contributed by atoms with Gasteiger partial charge in [-0.2, -0.15) is 29.5 Å². The van der Waals surface area contributed by atoms with Crippen LogP contribution < -0.4 is 5.48 Å². The van der Waals surface area contributed by atoms with Crippen LogP contribution in [0.1, 0.15) is 55.4 Å². The van der Waals surface area contributed by atoms with Crippen LogP contribution in [-0.4, -0.2) is 41.3 Å². The molecule has 0 saturated carbocycles. The lowest BCUT2D eigenvalue weighted by Gasteiger charge is -2.35. The van der Waals surface area contributed by atoms with Gasteiger partial charge in [-0.25, -0.2) is 4.57 Å². The molecule has 0 amide bonds. The summed E-state index contributed by atoms with van der Waals surface area (Å²) in [6.45, 7) is 15.6. The van der Waals surface area contributed by atoms with Crippen molar-refractivity contribution in [2.24, 2.45) is 0 Å². The number of hydroxylamine groups is 5. The highest BCUT2D eigenvalue weighted by molar-refractivity contribution is 7.48. The van der Waals surface area contributed by atoms with Crippen molar-refractivity contribution >= 4 is 7.82 Å². The highest BCUT2D eigenvalue weighted by atomic mass is 31.2. The van der Waals surface area contributed by atoms with Crippen molar-refractivity contribution < 1.29 is 18.4 Å². The second kappa shape index (κ2) is 9.20. The number of nitrogens with one attached hydrogen (secondary N) is 1. The first-order valence-electron chi connectivity index (χ1n) is 7.45. The van der Waals surface area contributed by atoms with Gasteiger partial charge in [0.2, 0.25) is 0 Å². The van der Waals surface area contributed by atoms with E-state index in [0.29, 0.717) is 0 Å². The lowest BCUT2D eigenvalue weighted by Crippen LogP contribution is -2.40. The summed E-state index contributed by atoms with van der Waals surface area (Å²) in [5, 5.41) is 3.22. The molecule has 8 heteroatoms. The van der Waals surface area contributed by atoms with Crippen LogP contribution in [0.5, 0.6) is 0 Å². The third kappa shape index (κ3) is 7.19. The number of nitrogens with zero attached hydrogens (tertiary/aromatic N) is 2. The Morgan fingerprint density at radius 2 is 1.05 bits per heavy atom. The van der Waals surface area contributed by atoms with E-state index in [-0.39, 0.29) is 24.2 Å². The topological polar surface area (TPSA) is 63.3 Å². The molecule has 0 spiro atoms. The molecule has 7 nitrogen and oxygen atoms in total. The monoisotopic (exact) mass is 325 g/mol. The second-order valence-corrected chi connectivity index (χ2v) is 7.40. The summed E-state index contributed by atoms with van der Waals surface area (Å²) < 4.78 is 29.1. The first-order chi connectivity index (χ1) is 9.54. The van der Waals surface area contributed by atoms with E-state index in [9.17, 15) is 4.57 Å². The smallest absolute Gasteiger partial charge is 0.223 e. The van der Waals surface area contributed by atoms with Crippen LogP contribution in [0.3, 0.4) is 0 Å². The van der Waals surface area contributed by atoms with Gasteiger partial charge in [-0.15, -0.1) is 0 Å². The minimum absolute atomic E-state index is 0.0360. The van der Waals surface area contributed by atoms with Crippen LogP contribution >= 0.6 is 7.82 Å². The summed E-state index contributed by atoms with van der Waals surface area (Å²) in [5.74, 6) is 0. The third-order valence-electron chi connectivity index (χ3n) is 2.63. The Morgan fingerprint density at radius 1 is 0.762 bits per heavy atom. The van der Waals surface area contributed by atoms with Crippen molar-refractivity contribution in [3.63, 3.8) is 0 Å². The molecular formula is C13H32N3O4P. The quantitative estimate of drug-likeness (QED) is 0.488. The van der Waals surface area contributed by atoms with Gasteiger partial charge in [0, 0.05) is 31.2 Å². The molecule has 0 aromatic heterocycles. The highest BCUT2D eigenvalue weighted by Gasteiger charge is 2.37. The van der Waals surface area contributed by atoms with E-state index >= 15 is 0 Å². The Labute approximate surface area is 129 Å². The van der Waals surface area contributed by atoms with Crippen LogP contribution in [-0.2, 0) is 18.4 Å². The Balaban J connectivity index is 5.18. The fraction of sp³-hybridized carbons (Fsp3) is 1.00. The Hall–Kier alpha value is -0.0100. The number of phosphoric acid groups is 1. The molecule has 128 valence electrons. The summed E-state index contributed by atoms with van der Waals surface area (Å²) in [4.78, 5) is 0. The van der Waals surface area contributed by atoms with Gasteiger partial charge in [-0.1, -0.05) is 0 Å². The molecule has 0 unspecified atom stereocenters. The Morgan fingerprint density at radius 3 is 1.24 bits per heavy atom. The van der Waals surface area contributed by atoms with Crippen LogP contribution in [0.25, 0.3) is 0 Å². The minimum Gasteiger partial charge on any atom is -0.223 e. The van der Waals surface area contributed by atoms with Crippen molar-refractivity contribution in [2.45, 2.75) is 79.6 Å². The van der Waals surface area contributed by atoms with Crippen LogP contribution in [0.2, 0.25) is 0 Å². The number of hydrogen-bond acceptors (Lipinski definition) is 7. The average molecular weight is 325 g/mol. The fourth-order valence-electron chi connectivity index (χ4n) is 1.96. The predicted octanol–water partition coefficient (Wildman–Crippen LogP) is 3.35. The van der Waals surface area contributed by atoms with Gasteiger partial charge in [0.05, 0.1) is 0 Å². The molecule has 1 N–H and O–H groups in total. The third-order valence-corrected chi connectivity index (χ3v) is 3.81. The molecule has 0 aromatic rings. The maximum Gasteiger partial charge on any atom is 0.525 e. The second-order valence-electron chi connectivity index (χ2n) is 6.00. The Bertz CT molecular complexity index is 295. The van der Waals surface area contributed by atoms with E-state index in [2.05, 4.69) is 5.48 Å². The van der Waals surface area contributed by atoms with E-state index in [1.807, 2.05) is 55.4 Å². The number of hydrogen-bond donors (Lipinski definition) is 1. The minimum atomic E-state index is -3.81. The van der Waals surface area contributed by atoms with Gasteiger partial charge in [0.25, 0.3) is 0 Å². The molecule has 0 saturated heterocycles. The summed E-state index contributed by atoms with van der Waals surface area (Å²) in [7, 11) is -2.29.